The van der Waals surface area contributed by atoms with E-state index in [-0.39, 0.29) is 0 Å². The molecule has 1 atom stereocenters. The molecule has 0 saturated heterocycles. The van der Waals surface area contributed by atoms with Crippen LogP contribution in [0.4, 0.5) is 4.39 Å². The van der Waals surface area contributed by atoms with Crippen LogP contribution in [0.2, 0.25) is 5.02 Å². The van der Waals surface area contributed by atoms with Gasteiger partial charge in [-0.1, -0.05) is 11.6 Å². The highest BCUT2D eigenvalue weighted by Gasteiger charge is 2.12. The zero-order valence-corrected chi connectivity index (χ0v) is 7.31. The lowest BCUT2D eigenvalue weighted by molar-refractivity contribution is 0.0893. The van der Waals surface area contributed by atoms with Crippen molar-refractivity contribution < 1.29 is 9.18 Å². The Labute approximate surface area is 75.2 Å². The number of carbonyl (C=O) groups excluding carboxylic acids is 1. The number of benzene rings is 1. The summed E-state index contributed by atoms with van der Waals surface area (Å²) < 4.78 is 12.5. The van der Waals surface area contributed by atoms with Crippen LogP contribution >= 0.6 is 11.6 Å². The van der Waals surface area contributed by atoms with Crippen LogP contribution in [0.25, 0.3) is 0 Å². The van der Waals surface area contributed by atoms with Gasteiger partial charge in [-0.2, -0.15) is 0 Å². The highest BCUT2D eigenvalue weighted by molar-refractivity contribution is 6.30. The first-order valence-corrected chi connectivity index (χ1v) is 3.93. The van der Waals surface area contributed by atoms with Crippen molar-refractivity contribution in [3.63, 3.8) is 0 Å². The van der Waals surface area contributed by atoms with Crippen molar-refractivity contribution in [2.75, 3.05) is 0 Å². The predicted octanol–water partition coefficient (Wildman–Crippen LogP) is 2.88. The molecule has 0 heterocycles. The third-order valence-corrected chi connectivity index (χ3v) is 1.74. The highest BCUT2D eigenvalue weighted by atomic mass is 35.5. The predicted molar refractivity (Wildman–Crippen MR) is 46.4 cm³/mol. The second kappa shape index (κ2) is 3.68. The van der Waals surface area contributed by atoms with Gasteiger partial charge in [-0.05, 0) is 31.2 Å². The SMILES string of the molecule is CC(F)C(=O)c1ccc(Cl)cc1. The molecule has 0 bridgehead atoms. The van der Waals surface area contributed by atoms with Gasteiger partial charge in [0.15, 0.2) is 12.0 Å². The summed E-state index contributed by atoms with van der Waals surface area (Å²) in [6, 6.07) is 6.16. The van der Waals surface area contributed by atoms with Gasteiger partial charge in [0.05, 0.1) is 0 Å². The fourth-order valence-electron chi connectivity index (χ4n) is 0.844. The molecule has 12 heavy (non-hydrogen) atoms. The van der Waals surface area contributed by atoms with Crippen LogP contribution in [0, 0.1) is 0 Å². The maximum Gasteiger partial charge on any atom is 0.196 e. The molecule has 0 N–H and O–H groups in total. The van der Waals surface area contributed by atoms with Crippen LogP contribution in [0.1, 0.15) is 17.3 Å². The minimum Gasteiger partial charge on any atom is -0.291 e. The van der Waals surface area contributed by atoms with E-state index in [4.69, 9.17) is 11.6 Å². The van der Waals surface area contributed by atoms with Gasteiger partial charge in [0.1, 0.15) is 0 Å². The van der Waals surface area contributed by atoms with E-state index in [9.17, 15) is 9.18 Å². The van der Waals surface area contributed by atoms with E-state index in [0.29, 0.717) is 10.6 Å². The van der Waals surface area contributed by atoms with E-state index in [0.717, 1.165) is 0 Å². The molecule has 0 fully saturated rings. The lowest BCUT2D eigenvalue weighted by Gasteiger charge is -2.00. The molecule has 3 heteroatoms. The van der Waals surface area contributed by atoms with E-state index < -0.39 is 12.0 Å². The molecule has 1 aromatic carbocycles. The minimum absolute atomic E-state index is 0.356. The normalized spacial score (nSPS) is 12.6. The molecule has 0 aliphatic heterocycles. The van der Waals surface area contributed by atoms with E-state index in [1.807, 2.05) is 0 Å². The molecule has 0 aliphatic carbocycles. The molecule has 0 amide bonds. The number of Topliss-reactive ketones (excluding diaryl/α,β-unsaturated/α-hetero) is 1. The third kappa shape index (κ3) is 2.05. The Morgan fingerprint density at radius 3 is 2.33 bits per heavy atom. The monoisotopic (exact) mass is 186 g/mol. The average molecular weight is 187 g/mol. The van der Waals surface area contributed by atoms with Gasteiger partial charge in [0.25, 0.3) is 0 Å². The largest absolute Gasteiger partial charge is 0.291 e. The van der Waals surface area contributed by atoms with Crippen molar-refractivity contribution in [2.24, 2.45) is 0 Å². The Balaban J connectivity index is 2.90. The Bertz CT molecular complexity index is 279. The molecule has 64 valence electrons. The standard InChI is InChI=1S/C9H8ClFO/c1-6(11)9(12)7-2-4-8(10)5-3-7/h2-6H,1H3. The van der Waals surface area contributed by atoms with E-state index in [2.05, 4.69) is 0 Å². The average Bonchev–Trinajstić information content (AvgIpc) is 2.04. The summed E-state index contributed by atoms with van der Waals surface area (Å²) in [6.07, 6.45) is -1.45. The van der Waals surface area contributed by atoms with Crippen LogP contribution in [0.3, 0.4) is 0 Å². The molecule has 1 unspecified atom stereocenters. The summed E-state index contributed by atoms with van der Waals surface area (Å²) in [5, 5.41) is 0.540. The minimum atomic E-state index is -1.45. The summed E-state index contributed by atoms with van der Waals surface area (Å²) in [7, 11) is 0. The first-order valence-electron chi connectivity index (χ1n) is 3.55. The van der Waals surface area contributed by atoms with Crippen LogP contribution in [0.15, 0.2) is 24.3 Å². The van der Waals surface area contributed by atoms with Gasteiger partial charge in [-0.25, -0.2) is 4.39 Å². The Hall–Kier alpha value is -0.890. The van der Waals surface area contributed by atoms with E-state index in [1.165, 1.54) is 19.1 Å². The van der Waals surface area contributed by atoms with Gasteiger partial charge in [-0.3, -0.25) is 4.79 Å². The molecule has 0 aromatic heterocycles. The lowest BCUT2D eigenvalue weighted by atomic mass is 10.1. The number of hydrogen-bond acceptors (Lipinski definition) is 1. The maximum absolute atomic E-state index is 12.5. The molecule has 1 aromatic rings. The molecular weight excluding hydrogens is 179 g/mol. The van der Waals surface area contributed by atoms with Crippen molar-refractivity contribution in [1.29, 1.82) is 0 Å². The molecule has 0 radical (unpaired) electrons. The smallest absolute Gasteiger partial charge is 0.196 e. The first kappa shape index (κ1) is 9.20. The van der Waals surface area contributed by atoms with Gasteiger partial charge in [-0.15, -0.1) is 0 Å². The number of halogens is 2. The third-order valence-electron chi connectivity index (χ3n) is 1.49. The Morgan fingerprint density at radius 1 is 1.42 bits per heavy atom. The topological polar surface area (TPSA) is 17.1 Å². The summed E-state index contributed by atoms with van der Waals surface area (Å²) in [5.41, 5.74) is 0.356. The van der Waals surface area contributed by atoms with Crippen LogP contribution in [0.5, 0.6) is 0 Å². The van der Waals surface area contributed by atoms with Crippen LogP contribution in [-0.4, -0.2) is 12.0 Å². The molecule has 1 rings (SSSR count). The van der Waals surface area contributed by atoms with Crippen molar-refractivity contribution in [2.45, 2.75) is 13.1 Å². The summed E-state index contributed by atoms with van der Waals surface area (Å²) >= 11 is 5.59. The van der Waals surface area contributed by atoms with Crippen LogP contribution in [-0.2, 0) is 0 Å². The number of hydrogen-bond donors (Lipinski definition) is 0. The molecule has 0 spiro atoms. The van der Waals surface area contributed by atoms with Gasteiger partial charge in [0, 0.05) is 10.6 Å². The van der Waals surface area contributed by atoms with Crippen molar-refractivity contribution in [1.82, 2.24) is 0 Å². The molecule has 0 saturated carbocycles. The summed E-state index contributed by atoms with van der Waals surface area (Å²) in [5.74, 6) is -0.508. The first-order chi connectivity index (χ1) is 5.61. The zero-order chi connectivity index (χ0) is 9.14. The van der Waals surface area contributed by atoms with E-state index in [1.54, 1.807) is 12.1 Å². The Kier molecular flexibility index (Phi) is 2.82. The highest BCUT2D eigenvalue weighted by Crippen LogP contribution is 2.11. The molecular formula is C9H8ClFO. The maximum atomic E-state index is 12.5. The second-order valence-electron chi connectivity index (χ2n) is 2.49. The number of carbonyl (C=O) groups is 1. The van der Waals surface area contributed by atoms with Gasteiger partial charge >= 0.3 is 0 Å². The molecule has 1 nitrogen and oxygen atoms in total. The quantitative estimate of drug-likeness (QED) is 0.650. The number of alkyl halides is 1. The lowest BCUT2D eigenvalue weighted by Crippen LogP contribution is -2.10. The number of rotatable bonds is 2. The fourth-order valence-corrected chi connectivity index (χ4v) is 0.970. The van der Waals surface area contributed by atoms with Gasteiger partial charge < -0.3 is 0 Å². The fraction of sp³-hybridized carbons (Fsp3) is 0.222. The van der Waals surface area contributed by atoms with Crippen molar-refractivity contribution in [3.8, 4) is 0 Å². The second-order valence-corrected chi connectivity index (χ2v) is 2.92. The number of ketones is 1. The molecule has 0 aliphatic rings. The van der Waals surface area contributed by atoms with Gasteiger partial charge in [0.2, 0.25) is 0 Å². The summed E-state index contributed by atoms with van der Waals surface area (Å²) in [4.78, 5) is 11.0. The Morgan fingerprint density at radius 2 is 1.92 bits per heavy atom. The summed E-state index contributed by atoms with van der Waals surface area (Å²) in [6.45, 7) is 1.22. The van der Waals surface area contributed by atoms with E-state index >= 15 is 0 Å². The van der Waals surface area contributed by atoms with Crippen molar-refractivity contribution in [3.05, 3.63) is 34.9 Å². The zero-order valence-electron chi connectivity index (χ0n) is 6.55. The van der Waals surface area contributed by atoms with Crippen LogP contribution < -0.4 is 0 Å². The van der Waals surface area contributed by atoms with Crippen molar-refractivity contribution >= 4 is 17.4 Å².